The zero-order chi connectivity index (χ0) is 15.5. The number of hydrogen-bond acceptors (Lipinski definition) is 4. The van der Waals surface area contributed by atoms with Gasteiger partial charge in [0.2, 0.25) is 9.05 Å². The molecule has 112 valence electrons. The Morgan fingerprint density at radius 1 is 0.952 bits per heavy atom. The van der Waals surface area contributed by atoms with E-state index < -0.39 is 9.05 Å². The van der Waals surface area contributed by atoms with Crippen molar-refractivity contribution in [3.05, 3.63) is 47.0 Å². The van der Waals surface area contributed by atoms with Gasteiger partial charge in [-0.3, -0.25) is 9.59 Å². The molecule has 0 bridgehead atoms. The van der Waals surface area contributed by atoms with Crippen molar-refractivity contribution in [3.63, 3.8) is 0 Å². The van der Waals surface area contributed by atoms with E-state index in [2.05, 4.69) is 0 Å². The van der Waals surface area contributed by atoms with Crippen LogP contribution in [-0.4, -0.2) is 25.7 Å². The van der Waals surface area contributed by atoms with E-state index >= 15 is 0 Å². The van der Waals surface area contributed by atoms with E-state index in [9.17, 15) is 18.0 Å². The lowest BCUT2D eigenvalue weighted by atomic mass is 9.87. The first-order valence-electron chi connectivity index (χ1n) is 6.69. The summed E-state index contributed by atoms with van der Waals surface area (Å²) in [7, 11) is 1.67. The topological polar surface area (TPSA) is 68.3 Å². The van der Waals surface area contributed by atoms with Crippen molar-refractivity contribution in [2.24, 2.45) is 0 Å². The number of rotatable bonds is 6. The predicted molar refractivity (Wildman–Crippen MR) is 81.3 cm³/mol. The van der Waals surface area contributed by atoms with Crippen molar-refractivity contribution in [3.8, 4) is 0 Å². The standard InChI is InChI=1S/C15H15ClO4S/c16-21(19,20)9-5-1-2-6-11-10-14(17)12-7-3-4-8-13(12)15(11)18/h3-4,7-8,10H,1-2,5-6,9H2. The van der Waals surface area contributed by atoms with Gasteiger partial charge >= 0.3 is 0 Å². The Hall–Kier alpha value is -1.46. The van der Waals surface area contributed by atoms with E-state index in [1.165, 1.54) is 6.08 Å². The van der Waals surface area contributed by atoms with Crippen LogP contribution in [0.25, 0.3) is 0 Å². The number of ketones is 2. The highest BCUT2D eigenvalue weighted by atomic mass is 35.7. The minimum Gasteiger partial charge on any atom is -0.289 e. The molecule has 0 N–H and O–H groups in total. The van der Waals surface area contributed by atoms with Gasteiger partial charge < -0.3 is 0 Å². The number of halogens is 1. The third-order valence-corrected chi connectivity index (χ3v) is 4.61. The maximum absolute atomic E-state index is 12.2. The minimum absolute atomic E-state index is 0.0662. The van der Waals surface area contributed by atoms with Gasteiger partial charge in [-0.2, -0.15) is 0 Å². The van der Waals surface area contributed by atoms with Gasteiger partial charge in [-0.1, -0.05) is 30.7 Å². The molecule has 21 heavy (non-hydrogen) atoms. The summed E-state index contributed by atoms with van der Waals surface area (Å²) in [5.41, 5.74) is 1.38. The molecule has 0 radical (unpaired) electrons. The van der Waals surface area contributed by atoms with Crippen LogP contribution in [0.4, 0.5) is 0 Å². The second kappa shape index (κ2) is 6.54. The van der Waals surface area contributed by atoms with E-state index in [-0.39, 0.29) is 17.3 Å². The second-order valence-corrected chi connectivity index (χ2v) is 7.86. The molecule has 6 heteroatoms. The van der Waals surface area contributed by atoms with Crippen molar-refractivity contribution >= 4 is 31.3 Å². The van der Waals surface area contributed by atoms with E-state index in [0.29, 0.717) is 42.4 Å². The molecule has 0 unspecified atom stereocenters. The molecule has 0 saturated heterocycles. The average molecular weight is 327 g/mol. The van der Waals surface area contributed by atoms with Gasteiger partial charge in [0.15, 0.2) is 11.6 Å². The predicted octanol–water partition coefficient (Wildman–Crippen LogP) is 3.12. The number of carbonyl (C=O) groups is 2. The first-order valence-corrected chi connectivity index (χ1v) is 9.17. The van der Waals surface area contributed by atoms with Gasteiger partial charge in [0.1, 0.15) is 0 Å². The Kier molecular flexibility index (Phi) is 4.96. The Balaban J connectivity index is 1.94. The molecular weight excluding hydrogens is 312 g/mol. The van der Waals surface area contributed by atoms with E-state index in [1.807, 2.05) is 0 Å². The van der Waals surface area contributed by atoms with Gasteiger partial charge in [0.25, 0.3) is 0 Å². The summed E-state index contributed by atoms with van der Waals surface area (Å²) >= 11 is 0. The lowest BCUT2D eigenvalue weighted by molar-refractivity contribution is 0.0981. The molecule has 1 aromatic rings. The summed E-state index contributed by atoms with van der Waals surface area (Å²) in [6.07, 6.45) is 3.62. The fraction of sp³-hybridized carbons (Fsp3) is 0.333. The molecular formula is C15H15ClO4S. The molecule has 1 aliphatic rings. The molecule has 0 heterocycles. The van der Waals surface area contributed by atoms with Crippen LogP contribution < -0.4 is 0 Å². The number of carbonyl (C=O) groups excluding carboxylic acids is 2. The number of unbranched alkanes of at least 4 members (excludes halogenated alkanes) is 2. The molecule has 0 aliphatic heterocycles. The van der Waals surface area contributed by atoms with Crippen molar-refractivity contribution < 1.29 is 18.0 Å². The first kappa shape index (κ1) is 15.9. The summed E-state index contributed by atoms with van der Waals surface area (Å²) in [4.78, 5) is 24.2. The van der Waals surface area contributed by atoms with Crippen LogP contribution in [0.15, 0.2) is 35.9 Å². The summed E-state index contributed by atoms with van der Waals surface area (Å²) in [6, 6.07) is 6.77. The second-order valence-electron chi connectivity index (χ2n) is 4.96. The maximum atomic E-state index is 12.2. The maximum Gasteiger partial charge on any atom is 0.232 e. The Morgan fingerprint density at radius 3 is 2.29 bits per heavy atom. The van der Waals surface area contributed by atoms with Gasteiger partial charge in [-0.25, -0.2) is 8.42 Å². The van der Waals surface area contributed by atoms with Crippen molar-refractivity contribution in [2.75, 3.05) is 5.75 Å². The molecule has 1 aromatic carbocycles. The fourth-order valence-electron chi connectivity index (χ4n) is 2.32. The van der Waals surface area contributed by atoms with Gasteiger partial charge in [0.05, 0.1) is 5.75 Å². The quantitative estimate of drug-likeness (QED) is 0.595. The van der Waals surface area contributed by atoms with Crippen LogP contribution in [0, 0.1) is 0 Å². The third kappa shape index (κ3) is 4.25. The van der Waals surface area contributed by atoms with Gasteiger partial charge in [-0.15, -0.1) is 0 Å². The number of benzene rings is 1. The number of allylic oxidation sites excluding steroid dienone is 2. The van der Waals surface area contributed by atoms with Crippen molar-refractivity contribution in [2.45, 2.75) is 25.7 Å². The summed E-state index contributed by atoms with van der Waals surface area (Å²) in [5, 5.41) is 0. The molecule has 4 nitrogen and oxygen atoms in total. The lowest BCUT2D eigenvalue weighted by Crippen LogP contribution is -2.16. The van der Waals surface area contributed by atoms with Crippen LogP contribution in [0.3, 0.4) is 0 Å². The van der Waals surface area contributed by atoms with Crippen LogP contribution in [0.1, 0.15) is 46.4 Å². The monoisotopic (exact) mass is 326 g/mol. The van der Waals surface area contributed by atoms with Gasteiger partial charge in [-0.05, 0) is 25.3 Å². The van der Waals surface area contributed by atoms with Crippen molar-refractivity contribution in [1.82, 2.24) is 0 Å². The Bertz CT molecular complexity index is 704. The largest absolute Gasteiger partial charge is 0.289 e. The number of Topliss-reactive ketones (excluding diaryl/α,β-unsaturated/α-hetero) is 1. The molecule has 0 saturated carbocycles. The van der Waals surface area contributed by atoms with Crippen LogP contribution in [-0.2, 0) is 9.05 Å². The van der Waals surface area contributed by atoms with E-state index in [1.54, 1.807) is 24.3 Å². The Morgan fingerprint density at radius 2 is 1.62 bits per heavy atom. The van der Waals surface area contributed by atoms with E-state index in [4.69, 9.17) is 10.7 Å². The highest BCUT2D eigenvalue weighted by Gasteiger charge is 2.24. The normalized spacial score (nSPS) is 14.8. The van der Waals surface area contributed by atoms with Crippen LogP contribution in [0.5, 0.6) is 0 Å². The molecule has 1 aliphatic carbocycles. The highest BCUT2D eigenvalue weighted by Crippen LogP contribution is 2.24. The molecule has 0 amide bonds. The fourth-order valence-corrected chi connectivity index (χ4v) is 3.20. The highest BCUT2D eigenvalue weighted by molar-refractivity contribution is 8.13. The zero-order valence-corrected chi connectivity index (χ0v) is 12.9. The smallest absolute Gasteiger partial charge is 0.232 e. The molecule has 2 rings (SSSR count). The Labute approximate surface area is 128 Å². The van der Waals surface area contributed by atoms with E-state index in [0.717, 1.165) is 0 Å². The molecule has 0 spiro atoms. The SMILES string of the molecule is O=C1C=C(CCCCCS(=O)(=O)Cl)C(=O)c2ccccc21. The summed E-state index contributed by atoms with van der Waals surface area (Å²) in [6.45, 7) is 0. The first-order chi connectivity index (χ1) is 9.88. The lowest BCUT2D eigenvalue weighted by Gasteiger charge is -2.14. The minimum atomic E-state index is -3.45. The van der Waals surface area contributed by atoms with Gasteiger partial charge in [0, 0.05) is 27.4 Å². The number of fused-ring (bicyclic) bond motifs is 1. The number of hydrogen-bond donors (Lipinski definition) is 0. The molecule has 0 fully saturated rings. The van der Waals surface area contributed by atoms with Crippen molar-refractivity contribution in [1.29, 1.82) is 0 Å². The molecule has 0 aromatic heterocycles. The zero-order valence-electron chi connectivity index (χ0n) is 11.3. The third-order valence-electron chi connectivity index (χ3n) is 3.37. The molecule has 0 atom stereocenters. The van der Waals surface area contributed by atoms with Crippen LogP contribution >= 0.6 is 10.7 Å². The summed E-state index contributed by atoms with van der Waals surface area (Å²) in [5.74, 6) is -0.331. The summed E-state index contributed by atoms with van der Waals surface area (Å²) < 4.78 is 21.6. The average Bonchev–Trinajstić information content (AvgIpc) is 2.42. The van der Waals surface area contributed by atoms with Crippen LogP contribution in [0.2, 0.25) is 0 Å².